The molecule has 1 aliphatic rings. The van der Waals surface area contributed by atoms with Crippen molar-refractivity contribution in [1.82, 2.24) is 10.6 Å². The van der Waals surface area contributed by atoms with E-state index < -0.39 is 0 Å². The minimum Gasteiger partial charge on any atom is -0.385 e. The van der Waals surface area contributed by atoms with Crippen LogP contribution in [0.1, 0.15) is 50.3 Å². The van der Waals surface area contributed by atoms with Gasteiger partial charge in [-0.2, -0.15) is 0 Å². The standard InChI is InChI=1S/C19H30FN3O/c1-5-21-18(22-13-19(8-9-19)10-11-24-4)23-15(3)16-7-6-14(2)17(20)12-16/h6-7,12,15H,5,8-11,13H2,1-4H3,(H2,21,22,23). The van der Waals surface area contributed by atoms with Gasteiger partial charge in [-0.05, 0) is 62.6 Å². The number of methoxy groups -OCH3 is 1. The summed E-state index contributed by atoms with van der Waals surface area (Å²) in [7, 11) is 1.74. The number of ether oxygens (including phenoxy) is 1. The van der Waals surface area contributed by atoms with Gasteiger partial charge in [0.2, 0.25) is 0 Å². The van der Waals surface area contributed by atoms with Crippen molar-refractivity contribution in [2.45, 2.75) is 46.1 Å². The van der Waals surface area contributed by atoms with E-state index in [-0.39, 0.29) is 11.9 Å². The molecule has 0 saturated heterocycles. The fourth-order valence-corrected chi connectivity index (χ4v) is 2.72. The van der Waals surface area contributed by atoms with E-state index in [0.29, 0.717) is 11.0 Å². The van der Waals surface area contributed by atoms with Crippen molar-refractivity contribution < 1.29 is 9.13 Å². The van der Waals surface area contributed by atoms with Gasteiger partial charge in [0.1, 0.15) is 5.82 Å². The molecule has 1 aromatic carbocycles. The molecule has 1 atom stereocenters. The van der Waals surface area contributed by atoms with E-state index in [2.05, 4.69) is 10.6 Å². The fourth-order valence-electron chi connectivity index (χ4n) is 2.72. The smallest absolute Gasteiger partial charge is 0.191 e. The first-order chi connectivity index (χ1) is 11.5. The number of nitrogens with zero attached hydrogens (tertiary/aromatic N) is 1. The van der Waals surface area contributed by atoms with Crippen molar-refractivity contribution in [3.63, 3.8) is 0 Å². The Morgan fingerprint density at radius 3 is 2.75 bits per heavy atom. The molecule has 0 aromatic heterocycles. The molecule has 5 heteroatoms. The Bertz CT molecular complexity index is 570. The zero-order chi connectivity index (χ0) is 17.6. The van der Waals surface area contributed by atoms with Gasteiger partial charge in [-0.15, -0.1) is 0 Å². The molecule has 1 aromatic rings. The highest BCUT2D eigenvalue weighted by molar-refractivity contribution is 5.80. The minimum absolute atomic E-state index is 0.00738. The molecule has 1 fully saturated rings. The summed E-state index contributed by atoms with van der Waals surface area (Å²) in [5.74, 6) is 0.620. The fraction of sp³-hybridized carbons (Fsp3) is 0.632. The number of halogens is 1. The normalized spacial score (nSPS) is 17.5. The molecule has 2 rings (SSSR count). The molecule has 1 unspecified atom stereocenters. The van der Waals surface area contributed by atoms with Crippen LogP contribution in [0.5, 0.6) is 0 Å². The lowest BCUT2D eigenvalue weighted by Gasteiger charge is -2.20. The number of hydrogen-bond acceptors (Lipinski definition) is 2. The van der Waals surface area contributed by atoms with Gasteiger partial charge in [0.25, 0.3) is 0 Å². The quantitative estimate of drug-likeness (QED) is 0.564. The van der Waals surface area contributed by atoms with Crippen LogP contribution in [-0.2, 0) is 4.74 Å². The van der Waals surface area contributed by atoms with E-state index in [1.807, 2.05) is 26.0 Å². The average Bonchev–Trinajstić information content (AvgIpc) is 3.34. The van der Waals surface area contributed by atoms with Crippen LogP contribution in [0.2, 0.25) is 0 Å². The van der Waals surface area contributed by atoms with Gasteiger partial charge in [-0.3, -0.25) is 4.99 Å². The van der Waals surface area contributed by atoms with Crippen LogP contribution in [0, 0.1) is 18.2 Å². The van der Waals surface area contributed by atoms with E-state index >= 15 is 0 Å². The molecule has 1 saturated carbocycles. The van der Waals surface area contributed by atoms with Crippen molar-refractivity contribution in [2.24, 2.45) is 10.4 Å². The van der Waals surface area contributed by atoms with Crippen molar-refractivity contribution >= 4 is 5.96 Å². The van der Waals surface area contributed by atoms with E-state index in [0.717, 1.165) is 37.6 Å². The Labute approximate surface area is 144 Å². The summed E-state index contributed by atoms with van der Waals surface area (Å²) in [5, 5.41) is 6.66. The molecule has 0 amide bonds. The lowest BCUT2D eigenvalue weighted by atomic mass is 10.0. The van der Waals surface area contributed by atoms with Crippen molar-refractivity contribution in [2.75, 3.05) is 26.8 Å². The second kappa shape index (κ2) is 8.47. The summed E-state index contributed by atoms with van der Waals surface area (Å²) < 4.78 is 19.0. The van der Waals surface area contributed by atoms with Gasteiger partial charge in [0.05, 0.1) is 6.04 Å². The molecule has 1 aliphatic carbocycles. The molecule has 4 nitrogen and oxygen atoms in total. The molecule has 2 N–H and O–H groups in total. The van der Waals surface area contributed by atoms with Crippen molar-refractivity contribution in [1.29, 1.82) is 0 Å². The zero-order valence-electron chi connectivity index (χ0n) is 15.3. The maximum atomic E-state index is 13.8. The van der Waals surface area contributed by atoms with Crippen LogP contribution in [-0.4, -0.2) is 32.8 Å². The molecule has 0 heterocycles. The predicted molar refractivity (Wildman–Crippen MR) is 96.8 cm³/mol. The van der Waals surface area contributed by atoms with Gasteiger partial charge in [0, 0.05) is 26.8 Å². The Morgan fingerprint density at radius 2 is 2.17 bits per heavy atom. The molecule has 0 bridgehead atoms. The largest absolute Gasteiger partial charge is 0.385 e. The lowest BCUT2D eigenvalue weighted by molar-refractivity contribution is 0.174. The first kappa shape index (κ1) is 18.7. The summed E-state index contributed by atoms with van der Waals surface area (Å²) >= 11 is 0. The topological polar surface area (TPSA) is 45.7 Å². The Kier molecular flexibility index (Phi) is 6.60. The van der Waals surface area contributed by atoms with Crippen LogP contribution in [0.25, 0.3) is 0 Å². The molecule has 0 aliphatic heterocycles. The SMILES string of the molecule is CCNC(=NCC1(CCOC)CC1)NC(C)c1ccc(C)c(F)c1. The summed E-state index contributed by atoms with van der Waals surface area (Å²) in [5.41, 5.74) is 1.90. The molecule has 134 valence electrons. The number of aryl methyl sites for hydroxylation is 1. The van der Waals surface area contributed by atoms with Crippen LogP contribution < -0.4 is 10.6 Å². The second-order valence-corrected chi connectivity index (χ2v) is 6.81. The van der Waals surface area contributed by atoms with Crippen LogP contribution in [0.3, 0.4) is 0 Å². The summed E-state index contributed by atoms with van der Waals surface area (Å²) in [6.45, 7) is 8.24. The summed E-state index contributed by atoms with van der Waals surface area (Å²) in [6, 6.07) is 5.36. The second-order valence-electron chi connectivity index (χ2n) is 6.81. The average molecular weight is 335 g/mol. The maximum absolute atomic E-state index is 13.8. The first-order valence-electron chi connectivity index (χ1n) is 8.79. The number of nitrogens with one attached hydrogen (secondary N) is 2. The Morgan fingerprint density at radius 1 is 1.42 bits per heavy atom. The third-order valence-electron chi connectivity index (χ3n) is 4.76. The number of guanidine groups is 1. The van der Waals surface area contributed by atoms with Crippen molar-refractivity contribution in [3.05, 3.63) is 35.1 Å². The number of rotatable bonds is 8. The molecule has 24 heavy (non-hydrogen) atoms. The van der Waals surface area contributed by atoms with Crippen LogP contribution in [0.4, 0.5) is 4.39 Å². The van der Waals surface area contributed by atoms with E-state index in [9.17, 15) is 4.39 Å². The number of hydrogen-bond donors (Lipinski definition) is 2. The van der Waals surface area contributed by atoms with E-state index in [1.165, 1.54) is 12.8 Å². The molecular formula is C19H30FN3O. The third kappa shape index (κ3) is 5.20. The maximum Gasteiger partial charge on any atom is 0.191 e. The van der Waals surface area contributed by atoms with E-state index in [1.54, 1.807) is 20.1 Å². The third-order valence-corrected chi connectivity index (χ3v) is 4.76. The summed E-state index contributed by atoms with van der Waals surface area (Å²) in [6.07, 6.45) is 3.50. The predicted octanol–water partition coefficient (Wildman–Crippen LogP) is 3.57. The monoisotopic (exact) mass is 335 g/mol. The van der Waals surface area contributed by atoms with Crippen molar-refractivity contribution in [3.8, 4) is 0 Å². The molecule has 0 spiro atoms. The highest BCUT2D eigenvalue weighted by Crippen LogP contribution is 2.48. The Balaban J connectivity index is 1.99. The van der Waals surface area contributed by atoms with Gasteiger partial charge in [-0.25, -0.2) is 4.39 Å². The minimum atomic E-state index is -0.167. The summed E-state index contributed by atoms with van der Waals surface area (Å²) in [4.78, 5) is 4.75. The number of benzene rings is 1. The highest BCUT2D eigenvalue weighted by Gasteiger charge is 2.41. The lowest BCUT2D eigenvalue weighted by Crippen LogP contribution is -2.39. The molecule has 0 radical (unpaired) electrons. The van der Waals surface area contributed by atoms with Gasteiger partial charge >= 0.3 is 0 Å². The first-order valence-corrected chi connectivity index (χ1v) is 8.79. The molecular weight excluding hydrogens is 305 g/mol. The van der Waals surface area contributed by atoms with Gasteiger partial charge in [-0.1, -0.05) is 12.1 Å². The van der Waals surface area contributed by atoms with Gasteiger partial charge in [0.15, 0.2) is 5.96 Å². The highest BCUT2D eigenvalue weighted by atomic mass is 19.1. The zero-order valence-corrected chi connectivity index (χ0v) is 15.3. The number of aliphatic imine (C=N–C) groups is 1. The Hall–Kier alpha value is -1.62. The van der Waals surface area contributed by atoms with Crippen LogP contribution >= 0.6 is 0 Å². The van der Waals surface area contributed by atoms with Crippen LogP contribution in [0.15, 0.2) is 23.2 Å². The van der Waals surface area contributed by atoms with E-state index in [4.69, 9.17) is 9.73 Å². The van der Waals surface area contributed by atoms with Gasteiger partial charge < -0.3 is 15.4 Å².